The van der Waals surface area contributed by atoms with Gasteiger partial charge in [0.15, 0.2) is 25.2 Å². The van der Waals surface area contributed by atoms with Crippen LogP contribution in [0.2, 0.25) is 0 Å². The van der Waals surface area contributed by atoms with Crippen molar-refractivity contribution in [2.45, 2.75) is 246 Å². The second-order valence-electron chi connectivity index (χ2n) is 24.1. The Morgan fingerprint density at radius 2 is 1.39 bits per heavy atom. The highest BCUT2D eigenvalue weighted by Gasteiger charge is 2.77. The fourth-order valence-corrected chi connectivity index (χ4v) is 15.3. The van der Waals surface area contributed by atoms with Gasteiger partial charge in [-0.15, -0.1) is 0 Å². The predicted octanol–water partition coefficient (Wildman–Crippen LogP) is -0.892. The van der Waals surface area contributed by atoms with E-state index in [9.17, 15) is 60.7 Å². The Balaban J connectivity index is 0.802. The summed E-state index contributed by atoms with van der Waals surface area (Å²) in [6.07, 6.45) is -19.6. The number of carbonyl (C=O) groups excluding carboxylic acids is 2. The van der Waals surface area contributed by atoms with Crippen molar-refractivity contribution < 1.29 is 117 Å². The Labute approximate surface area is 464 Å². The molecule has 0 bridgehead atoms. The minimum atomic E-state index is -1.83. The van der Waals surface area contributed by atoms with Crippen LogP contribution in [0.1, 0.15) is 110 Å². The number of aliphatic hydroxyl groups excluding tert-OH is 8. The third-order valence-corrected chi connectivity index (χ3v) is 20.0. The van der Waals surface area contributed by atoms with Crippen LogP contribution < -0.4 is 0 Å². The minimum Gasteiger partial charge on any atom is -0.462 e. The molecule has 25 nitrogen and oxygen atoms in total. The molecule has 454 valence electrons. The molecule has 29 unspecified atom stereocenters. The van der Waals surface area contributed by atoms with Crippen molar-refractivity contribution >= 4 is 11.9 Å². The number of ether oxygens (including phenoxy) is 12. The number of esters is 2. The zero-order valence-corrected chi connectivity index (χ0v) is 46.7. The van der Waals surface area contributed by atoms with Crippen molar-refractivity contribution in [3.63, 3.8) is 0 Å². The molecule has 80 heavy (non-hydrogen) atoms. The fourth-order valence-electron chi connectivity index (χ4n) is 15.3. The molecule has 25 heteroatoms. The molecule has 0 spiro atoms. The normalized spacial score (nSPS) is 49.9. The third-order valence-electron chi connectivity index (χ3n) is 20.0. The molecule has 0 aromatic carbocycles. The van der Waals surface area contributed by atoms with Gasteiger partial charge in [-0.05, 0) is 107 Å². The van der Waals surface area contributed by atoms with E-state index >= 15 is 0 Å². The van der Waals surface area contributed by atoms with Gasteiger partial charge in [-0.1, -0.05) is 13.8 Å². The number of aromatic nitrogens is 1. The Morgan fingerprint density at radius 3 is 2.05 bits per heavy atom. The molecule has 8 fully saturated rings. The van der Waals surface area contributed by atoms with Gasteiger partial charge in [-0.2, -0.15) is 0 Å². The second-order valence-corrected chi connectivity index (χ2v) is 24.1. The quantitative estimate of drug-likeness (QED) is 0.0709. The SMILES string of the molecule is COC1CC(OC2CCC3(C)C(CCC4C3CC(OC(C)=O)C3(C)C(O)(C(C)OC(=O)c5cccnc5)CCC43O)C2)OC(C)C1OC1OC(C)C(OC2OC(COC3OC(CO)C(O)C(O)C3O)C(O)C(O)C2O)C(OC)C1O. The molecule has 29 atom stereocenters. The summed E-state index contributed by atoms with van der Waals surface area (Å²) in [6, 6.07) is 3.20. The Kier molecular flexibility index (Phi) is 18.8. The summed E-state index contributed by atoms with van der Waals surface area (Å²) in [5, 5.41) is 111. The molecule has 4 saturated carbocycles. The molecule has 9 rings (SSSR count). The Hall–Kier alpha value is -2.71. The third kappa shape index (κ3) is 11.0. The van der Waals surface area contributed by atoms with Crippen LogP contribution in [-0.4, -0.2) is 242 Å². The lowest BCUT2D eigenvalue weighted by Crippen LogP contribution is -2.72. The van der Waals surface area contributed by atoms with Gasteiger partial charge >= 0.3 is 11.9 Å². The number of fused-ring (bicyclic) bond motifs is 5. The van der Waals surface area contributed by atoms with E-state index in [0.717, 1.165) is 12.8 Å². The van der Waals surface area contributed by atoms with Crippen LogP contribution in [0, 0.1) is 28.6 Å². The van der Waals surface area contributed by atoms with E-state index in [0.29, 0.717) is 25.7 Å². The molecular weight excluding hydrogens is 1060 g/mol. The van der Waals surface area contributed by atoms with E-state index in [1.165, 1.54) is 20.2 Å². The summed E-state index contributed by atoms with van der Waals surface area (Å²) < 4.78 is 72.5. The highest BCUT2D eigenvalue weighted by molar-refractivity contribution is 5.89. The van der Waals surface area contributed by atoms with Gasteiger partial charge in [-0.3, -0.25) is 9.78 Å². The van der Waals surface area contributed by atoms with Crippen molar-refractivity contribution in [1.82, 2.24) is 4.98 Å². The van der Waals surface area contributed by atoms with E-state index in [-0.39, 0.29) is 54.1 Å². The number of aliphatic hydroxyl groups is 10. The zero-order valence-electron chi connectivity index (χ0n) is 46.7. The monoisotopic (exact) mass is 1140 g/mol. The van der Waals surface area contributed by atoms with Gasteiger partial charge in [0.2, 0.25) is 0 Å². The highest BCUT2D eigenvalue weighted by atomic mass is 16.8. The van der Waals surface area contributed by atoms with E-state index in [2.05, 4.69) is 11.9 Å². The molecule has 4 saturated heterocycles. The average Bonchev–Trinajstić information content (AvgIpc) is 3.78. The van der Waals surface area contributed by atoms with Crippen LogP contribution in [-0.2, 0) is 61.6 Å². The molecule has 5 heterocycles. The molecule has 4 aliphatic carbocycles. The van der Waals surface area contributed by atoms with Crippen molar-refractivity contribution in [3.8, 4) is 0 Å². The van der Waals surface area contributed by atoms with Crippen LogP contribution >= 0.6 is 0 Å². The smallest absolute Gasteiger partial charge is 0.340 e. The number of hydrogen-bond acceptors (Lipinski definition) is 25. The molecule has 1 aromatic heterocycles. The lowest BCUT2D eigenvalue weighted by Gasteiger charge is -2.66. The maximum atomic E-state index is 13.3. The van der Waals surface area contributed by atoms with Crippen molar-refractivity contribution in [2.75, 3.05) is 27.4 Å². The van der Waals surface area contributed by atoms with E-state index < -0.39 is 171 Å². The molecule has 0 amide bonds. The van der Waals surface area contributed by atoms with Crippen molar-refractivity contribution in [3.05, 3.63) is 30.1 Å². The molecule has 10 N–H and O–H groups in total. The largest absolute Gasteiger partial charge is 0.462 e. The minimum absolute atomic E-state index is 0.0657. The van der Waals surface area contributed by atoms with Crippen LogP contribution in [0.3, 0.4) is 0 Å². The Bertz CT molecular complexity index is 2260. The molecule has 8 aliphatic rings. The lowest BCUT2D eigenvalue weighted by atomic mass is 9.42. The standard InChI is InChI=1S/C55H85NO24/c1-24-45(79-51-44(65)47(70-8)46(25(2)73-51)80-50-43(64)41(62)39(60)35(78-50)23-71-49-42(63)40(61)38(59)34(22-57)77-49)33(69-7)20-37(72-24)76-30-13-14-52(5)29(18-30)11-12-31-32(52)19-36(75-27(4)58)53(6)54(67,15-16-55(31,53)68)26(3)74-48(66)28-10-9-17-56-21-28/h9-10,17,21,24-26,29-47,49-51,57,59-65,67-68H,11-16,18-20,22-23H2,1-8H3. The molecule has 4 aliphatic heterocycles. The summed E-state index contributed by atoms with van der Waals surface area (Å²) >= 11 is 0. The average molecular weight is 1140 g/mol. The first-order valence-electron chi connectivity index (χ1n) is 28.2. The maximum absolute atomic E-state index is 13.3. The van der Waals surface area contributed by atoms with E-state index in [1.807, 2.05) is 0 Å². The number of methoxy groups -OCH3 is 2. The van der Waals surface area contributed by atoms with Crippen LogP contribution in [0.25, 0.3) is 0 Å². The maximum Gasteiger partial charge on any atom is 0.340 e. The van der Waals surface area contributed by atoms with Gasteiger partial charge in [-0.25, -0.2) is 4.79 Å². The summed E-state index contributed by atoms with van der Waals surface area (Å²) in [4.78, 5) is 30.1. The second kappa shape index (κ2) is 24.3. The van der Waals surface area contributed by atoms with Gasteiger partial charge in [0.1, 0.15) is 91.1 Å². The fraction of sp³-hybridized carbons (Fsp3) is 0.873. The van der Waals surface area contributed by atoms with Gasteiger partial charge < -0.3 is 108 Å². The summed E-state index contributed by atoms with van der Waals surface area (Å²) in [7, 11) is 2.87. The zero-order chi connectivity index (χ0) is 58.0. The first-order valence-corrected chi connectivity index (χ1v) is 28.2. The van der Waals surface area contributed by atoms with Gasteiger partial charge in [0.05, 0.1) is 54.2 Å². The molecular formula is C55H85NO24. The predicted molar refractivity (Wildman–Crippen MR) is 270 cm³/mol. The van der Waals surface area contributed by atoms with Gasteiger partial charge in [0.25, 0.3) is 0 Å². The molecule has 0 radical (unpaired) electrons. The number of rotatable bonds is 16. The van der Waals surface area contributed by atoms with E-state index in [1.54, 1.807) is 53.1 Å². The lowest BCUT2D eigenvalue weighted by molar-refractivity contribution is -0.374. The summed E-state index contributed by atoms with van der Waals surface area (Å²) in [6.45, 7) is 9.15. The van der Waals surface area contributed by atoms with Crippen LogP contribution in [0.5, 0.6) is 0 Å². The number of carbonyl (C=O) groups is 2. The van der Waals surface area contributed by atoms with Crippen LogP contribution in [0.4, 0.5) is 0 Å². The topological polar surface area (TPSA) is 360 Å². The van der Waals surface area contributed by atoms with Crippen molar-refractivity contribution in [2.24, 2.45) is 28.6 Å². The first-order chi connectivity index (χ1) is 37.8. The van der Waals surface area contributed by atoms with E-state index in [4.69, 9.17) is 56.8 Å². The number of hydrogen-bond donors (Lipinski definition) is 10. The van der Waals surface area contributed by atoms with Crippen LogP contribution in [0.15, 0.2) is 24.5 Å². The molecule has 1 aromatic rings. The van der Waals surface area contributed by atoms with Gasteiger partial charge in [0, 0.05) is 40.0 Å². The first kappa shape index (κ1) is 61.8. The summed E-state index contributed by atoms with van der Waals surface area (Å²) in [5.41, 5.74) is -4.60. The highest BCUT2D eigenvalue weighted by Crippen LogP contribution is 2.71. The summed E-state index contributed by atoms with van der Waals surface area (Å²) in [5.74, 6) is -1.30. The number of nitrogens with zero attached hydrogens (tertiary/aromatic N) is 1. The number of pyridine rings is 1. The Morgan fingerprint density at radius 1 is 0.725 bits per heavy atom. The van der Waals surface area contributed by atoms with Crippen molar-refractivity contribution in [1.29, 1.82) is 0 Å².